The zero-order valence-electron chi connectivity index (χ0n) is 6.16. The van der Waals surface area contributed by atoms with Gasteiger partial charge in [-0.3, -0.25) is 14.9 Å². The molecule has 0 aliphatic heterocycles. The summed E-state index contributed by atoms with van der Waals surface area (Å²) in [5.74, 6) is -0.0660. The first-order valence-corrected chi connectivity index (χ1v) is 3.46. The molecule has 0 aliphatic rings. The van der Waals surface area contributed by atoms with E-state index in [1.807, 2.05) is 12.1 Å². The van der Waals surface area contributed by atoms with Gasteiger partial charge in [0.2, 0.25) is 5.91 Å². The maximum atomic E-state index is 10.9. The number of hydrogen-bond donors (Lipinski definition) is 2. The lowest BCUT2D eigenvalue weighted by Crippen LogP contribution is -2.23. The highest BCUT2D eigenvalue weighted by Gasteiger charge is 1.96. The highest BCUT2D eigenvalue weighted by Crippen LogP contribution is 1.86. The number of rotatable bonds is 3. The first kappa shape index (κ1) is 7.81. The van der Waals surface area contributed by atoms with Crippen LogP contribution in [0.5, 0.6) is 0 Å². The lowest BCUT2D eigenvalue weighted by molar-refractivity contribution is -0.116. The van der Waals surface area contributed by atoms with Crippen molar-refractivity contribution in [1.82, 2.24) is 4.68 Å². The SMILES string of the molecule is NCCC(=O)Nn1cccc1. The zero-order chi connectivity index (χ0) is 8.10. The van der Waals surface area contributed by atoms with E-state index in [-0.39, 0.29) is 5.91 Å². The van der Waals surface area contributed by atoms with Gasteiger partial charge in [-0.2, -0.15) is 0 Å². The number of hydrogen-bond acceptors (Lipinski definition) is 2. The number of nitrogens with one attached hydrogen (secondary N) is 1. The van der Waals surface area contributed by atoms with Gasteiger partial charge in [0.25, 0.3) is 0 Å². The molecule has 1 aromatic rings. The average molecular weight is 153 g/mol. The minimum Gasteiger partial charge on any atom is -0.330 e. The maximum absolute atomic E-state index is 10.9. The minimum atomic E-state index is -0.0660. The second-order valence-electron chi connectivity index (χ2n) is 2.16. The normalized spacial score (nSPS) is 9.55. The second kappa shape index (κ2) is 3.78. The average Bonchev–Trinajstić information content (AvgIpc) is 2.40. The molecule has 11 heavy (non-hydrogen) atoms. The van der Waals surface area contributed by atoms with Gasteiger partial charge in [0.05, 0.1) is 0 Å². The first-order chi connectivity index (χ1) is 5.33. The van der Waals surface area contributed by atoms with Gasteiger partial charge >= 0.3 is 0 Å². The summed E-state index contributed by atoms with van der Waals surface area (Å²) in [6.07, 6.45) is 3.88. The summed E-state index contributed by atoms with van der Waals surface area (Å²) in [7, 11) is 0. The van der Waals surface area contributed by atoms with Gasteiger partial charge < -0.3 is 5.73 Å². The monoisotopic (exact) mass is 153 g/mol. The summed E-state index contributed by atoms with van der Waals surface area (Å²) < 4.78 is 1.60. The third-order valence-corrected chi connectivity index (χ3v) is 1.23. The highest BCUT2D eigenvalue weighted by molar-refractivity contribution is 5.83. The van der Waals surface area contributed by atoms with Crippen molar-refractivity contribution < 1.29 is 4.79 Å². The van der Waals surface area contributed by atoms with E-state index in [0.29, 0.717) is 13.0 Å². The summed E-state index contributed by atoms with van der Waals surface area (Å²) in [5.41, 5.74) is 7.81. The molecule has 4 nitrogen and oxygen atoms in total. The van der Waals surface area contributed by atoms with Crippen molar-refractivity contribution in [3.05, 3.63) is 24.5 Å². The van der Waals surface area contributed by atoms with Crippen LogP contribution in [-0.4, -0.2) is 17.1 Å². The Morgan fingerprint density at radius 2 is 2.09 bits per heavy atom. The van der Waals surface area contributed by atoms with Crippen LogP contribution in [0.4, 0.5) is 0 Å². The third-order valence-electron chi connectivity index (χ3n) is 1.23. The molecule has 0 radical (unpaired) electrons. The summed E-state index contributed by atoms with van der Waals surface area (Å²) >= 11 is 0. The van der Waals surface area contributed by atoms with Crippen LogP contribution in [0.15, 0.2) is 24.5 Å². The molecule has 0 saturated heterocycles. The van der Waals surface area contributed by atoms with E-state index in [9.17, 15) is 4.79 Å². The van der Waals surface area contributed by atoms with Gasteiger partial charge in [-0.05, 0) is 12.1 Å². The van der Waals surface area contributed by atoms with Crippen LogP contribution in [0, 0.1) is 0 Å². The smallest absolute Gasteiger partial charge is 0.240 e. The van der Waals surface area contributed by atoms with Crippen LogP contribution in [0.1, 0.15) is 6.42 Å². The van der Waals surface area contributed by atoms with Crippen molar-refractivity contribution in [2.45, 2.75) is 6.42 Å². The minimum absolute atomic E-state index is 0.0660. The van der Waals surface area contributed by atoms with Crippen LogP contribution in [0.25, 0.3) is 0 Å². The summed E-state index contributed by atoms with van der Waals surface area (Å²) in [4.78, 5) is 10.9. The number of amides is 1. The van der Waals surface area contributed by atoms with Crippen molar-refractivity contribution >= 4 is 5.91 Å². The van der Waals surface area contributed by atoms with Gasteiger partial charge in [-0.25, -0.2) is 0 Å². The van der Waals surface area contributed by atoms with Crippen molar-refractivity contribution in [3.8, 4) is 0 Å². The second-order valence-corrected chi connectivity index (χ2v) is 2.16. The quantitative estimate of drug-likeness (QED) is 0.637. The van der Waals surface area contributed by atoms with Gasteiger partial charge in [0, 0.05) is 25.4 Å². The predicted molar refractivity (Wildman–Crippen MR) is 42.5 cm³/mol. The molecule has 0 spiro atoms. The fourth-order valence-electron chi connectivity index (χ4n) is 0.740. The van der Waals surface area contributed by atoms with Crippen LogP contribution in [0.3, 0.4) is 0 Å². The first-order valence-electron chi connectivity index (χ1n) is 3.46. The topological polar surface area (TPSA) is 60.1 Å². The molecule has 0 saturated carbocycles. The summed E-state index contributed by atoms with van der Waals surface area (Å²) in [6.45, 7) is 0.382. The summed E-state index contributed by atoms with van der Waals surface area (Å²) in [6, 6.07) is 3.67. The Bertz CT molecular complexity index is 218. The predicted octanol–water partition coefficient (Wildman–Crippen LogP) is -0.0930. The van der Waals surface area contributed by atoms with Gasteiger partial charge in [0.15, 0.2) is 0 Å². The molecule has 0 aliphatic carbocycles. The Kier molecular flexibility index (Phi) is 2.68. The van der Waals surface area contributed by atoms with Crippen molar-refractivity contribution in [2.75, 3.05) is 12.0 Å². The molecule has 3 N–H and O–H groups in total. The Labute approximate surface area is 65.0 Å². The zero-order valence-corrected chi connectivity index (χ0v) is 6.16. The fourth-order valence-corrected chi connectivity index (χ4v) is 0.740. The number of carbonyl (C=O) groups is 1. The molecular weight excluding hydrogens is 142 g/mol. The molecule has 1 aromatic heterocycles. The standard InChI is InChI=1S/C7H11N3O/c8-4-3-7(11)9-10-5-1-2-6-10/h1-2,5-6H,3-4,8H2,(H,9,11). The molecule has 0 fully saturated rings. The molecule has 1 amide bonds. The van der Waals surface area contributed by atoms with E-state index in [2.05, 4.69) is 5.43 Å². The van der Waals surface area contributed by atoms with E-state index >= 15 is 0 Å². The Morgan fingerprint density at radius 3 is 2.64 bits per heavy atom. The molecule has 0 atom stereocenters. The molecule has 60 valence electrons. The molecule has 1 rings (SSSR count). The maximum Gasteiger partial charge on any atom is 0.240 e. The molecule has 4 heteroatoms. The van der Waals surface area contributed by atoms with E-state index in [1.54, 1.807) is 17.1 Å². The Morgan fingerprint density at radius 1 is 1.45 bits per heavy atom. The number of aromatic nitrogens is 1. The largest absolute Gasteiger partial charge is 0.330 e. The van der Waals surface area contributed by atoms with E-state index < -0.39 is 0 Å². The molecule has 1 heterocycles. The van der Waals surface area contributed by atoms with E-state index in [0.717, 1.165) is 0 Å². The number of nitrogens with zero attached hydrogens (tertiary/aromatic N) is 1. The van der Waals surface area contributed by atoms with Crippen molar-refractivity contribution in [2.24, 2.45) is 5.73 Å². The van der Waals surface area contributed by atoms with Crippen LogP contribution in [0.2, 0.25) is 0 Å². The van der Waals surface area contributed by atoms with Crippen LogP contribution < -0.4 is 11.2 Å². The summed E-state index contributed by atoms with van der Waals surface area (Å²) in [5, 5.41) is 0. The Balaban J connectivity index is 2.37. The lowest BCUT2D eigenvalue weighted by atomic mass is 10.4. The molecule has 0 aromatic carbocycles. The van der Waals surface area contributed by atoms with Gasteiger partial charge in [-0.1, -0.05) is 0 Å². The van der Waals surface area contributed by atoms with E-state index in [1.165, 1.54) is 0 Å². The lowest BCUT2D eigenvalue weighted by Gasteiger charge is -2.03. The molecule has 0 bridgehead atoms. The van der Waals surface area contributed by atoms with Crippen LogP contribution >= 0.6 is 0 Å². The number of carbonyl (C=O) groups excluding carboxylic acids is 1. The van der Waals surface area contributed by atoms with Crippen molar-refractivity contribution in [1.29, 1.82) is 0 Å². The molecular formula is C7H11N3O. The van der Waals surface area contributed by atoms with Crippen LogP contribution in [-0.2, 0) is 4.79 Å². The Hall–Kier alpha value is -1.29. The highest BCUT2D eigenvalue weighted by atomic mass is 16.2. The van der Waals surface area contributed by atoms with Gasteiger partial charge in [-0.15, -0.1) is 0 Å². The molecule has 0 unspecified atom stereocenters. The van der Waals surface area contributed by atoms with Crippen molar-refractivity contribution in [3.63, 3.8) is 0 Å². The fraction of sp³-hybridized carbons (Fsp3) is 0.286. The van der Waals surface area contributed by atoms with Gasteiger partial charge in [0.1, 0.15) is 0 Å². The van der Waals surface area contributed by atoms with E-state index in [4.69, 9.17) is 5.73 Å². The number of nitrogens with two attached hydrogens (primary N) is 1. The third kappa shape index (κ3) is 2.43.